The monoisotopic (exact) mass is 474 g/mol. The van der Waals surface area contributed by atoms with Gasteiger partial charge in [-0.3, -0.25) is 14.8 Å². The number of anilines is 1. The Bertz CT molecular complexity index is 1250. The SMILES string of the molecule is Cn1nc(NC(=O)OCC2c3ccccc3-c3ccccc32)cc1C(=O)NC(CC1CC1)C(=O)O. The lowest BCUT2D eigenvalue weighted by Crippen LogP contribution is -2.41. The number of aliphatic carboxylic acids is 1. The van der Waals surface area contributed by atoms with E-state index in [1.54, 1.807) is 7.05 Å². The number of carbonyl (C=O) groups excluding carboxylic acids is 2. The number of carboxylic acid groups (broad SMARTS) is 1. The molecule has 3 N–H and O–H groups in total. The third-order valence-electron chi connectivity index (χ3n) is 6.56. The summed E-state index contributed by atoms with van der Waals surface area (Å²) in [4.78, 5) is 36.6. The van der Waals surface area contributed by atoms with Crippen molar-refractivity contribution < 1.29 is 24.2 Å². The summed E-state index contributed by atoms with van der Waals surface area (Å²) in [6, 6.07) is 16.6. The van der Waals surface area contributed by atoms with Crippen LogP contribution < -0.4 is 10.6 Å². The zero-order valence-electron chi connectivity index (χ0n) is 19.2. The van der Waals surface area contributed by atoms with E-state index in [-0.39, 0.29) is 24.0 Å². The number of ether oxygens (including phenoxy) is 1. The van der Waals surface area contributed by atoms with Crippen LogP contribution in [0.5, 0.6) is 0 Å². The van der Waals surface area contributed by atoms with E-state index in [2.05, 4.69) is 27.9 Å². The molecule has 5 rings (SSSR count). The van der Waals surface area contributed by atoms with Gasteiger partial charge in [-0.1, -0.05) is 61.4 Å². The molecule has 9 nitrogen and oxygen atoms in total. The summed E-state index contributed by atoms with van der Waals surface area (Å²) in [6.07, 6.45) is 1.69. The van der Waals surface area contributed by atoms with Crippen molar-refractivity contribution in [2.75, 3.05) is 11.9 Å². The highest BCUT2D eigenvalue weighted by Gasteiger charge is 2.31. The van der Waals surface area contributed by atoms with Gasteiger partial charge in [0.2, 0.25) is 0 Å². The number of aromatic nitrogens is 2. The minimum absolute atomic E-state index is 0.0716. The van der Waals surface area contributed by atoms with Crippen molar-refractivity contribution in [3.8, 4) is 11.1 Å². The highest BCUT2D eigenvalue weighted by Crippen LogP contribution is 2.44. The number of aryl methyl sites for hydroxylation is 1. The van der Waals surface area contributed by atoms with Crippen molar-refractivity contribution in [2.45, 2.75) is 31.2 Å². The van der Waals surface area contributed by atoms with Crippen LogP contribution in [-0.4, -0.2) is 45.5 Å². The Kier molecular flexibility index (Phi) is 5.98. The fraction of sp³-hybridized carbons (Fsp3) is 0.308. The number of hydrogen-bond donors (Lipinski definition) is 3. The first-order valence-corrected chi connectivity index (χ1v) is 11.6. The maximum atomic E-state index is 12.6. The quantitative estimate of drug-likeness (QED) is 0.457. The largest absolute Gasteiger partial charge is 0.480 e. The number of carboxylic acids is 1. The molecule has 9 heteroatoms. The summed E-state index contributed by atoms with van der Waals surface area (Å²) >= 11 is 0. The van der Waals surface area contributed by atoms with Crippen LogP contribution in [-0.2, 0) is 16.6 Å². The normalized spacial score (nSPS) is 15.1. The Morgan fingerprint density at radius 1 is 1.09 bits per heavy atom. The highest BCUT2D eigenvalue weighted by atomic mass is 16.5. The van der Waals surface area contributed by atoms with Gasteiger partial charge < -0.3 is 15.2 Å². The van der Waals surface area contributed by atoms with Crippen LogP contribution in [0.15, 0.2) is 54.6 Å². The predicted molar refractivity (Wildman–Crippen MR) is 128 cm³/mol. The molecule has 2 amide bonds. The molecule has 1 aromatic heterocycles. The lowest BCUT2D eigenvalue weighted by Gasteiger charge is -2.14. The van der Waals surface area contributed by atoms with Crippen molar-refractivity contribution >= 4 is 23.8 Å². The molecule has 1 unspecified atom stereocenters. The maximum absolute atomic E-state index is 12.6. The average molecular weight is 475 g/mol. The minimum atomic E-state index is -1.07. The molecule has 0 saturated heterocycles. The van der Waals surface area contributed by atoms with Crippen molar-refractivity contribution in [2.24, 2.45) is 13.0 Å². The van der Waals surface area contributed by atoms with E-state index < -0.39 is 24.0 Å². The number of carbonyl (C=O) groups is 3. The summed E-state index contributed by atoms with van der Waals surface area (Å²) in [7, 11) is 1.55. The standard InChI is InChI=1S/C26H26N4O5/c1-30-22(24(31)27-21(25(32)33)12-15-10-11-15)13-23(29-30)28-26(34)35-14-20-18-8-4-2-6-16(18)17-7-3-5-9-19(17)20/h2-9,13,15,20-21H,10-12,14H2,1H3,(H,27,31)(H,32,33)(H,28,29,34). The number of benzene rings is 2. The molecule has 35 heavy (non-hydrogen) atoms. The molecule has 1 fully saturated rings. The van der Waals surface area contributed by atoms with Gasteiger partial charge in [0.1, 0.15) is 18.3 Å². The van der Waals surface area contributed by atoms with Gasteiger partial charge in [0.05, 0.1) is 0 Å². The lowest BCUT2D eigenvalue weighted by atomic mass is 9.98. The average Bonchev–Trinajstić information content (AvgIpc) is 3.50. The van der Waals surface area contributed by atoms with E-state index in [4.69, 9.17) is 4.74 Å². The van der Waals surface area contributed by atoms with Crippen LogP contribution in [0, 0.1) is 5.92 Å². The van der Waals surface area contributed by atoms with Gasteiger partial charge in [-0.25, -0.2) is 9.59 Å². The Morgan fingerprint density at radius 2 is 1.71 bits per heavy atom. The zero-order chi connectivity index (χ0) is 24.5. The highest BCUT2D eigenvalue weighted by molar-refractivity contribution is 5.96. The van der Waals surface area contributed by atoms with Gasteiger partial charge in [-0.05, 0) is 34.6 Å². The molecule has 2 aliphatic rings. The second kappa shape index (κ2) is 9.25. The van der Waals surface area contributed by atoms with Gasteiger partial charge in [0.25, 0.3) is 5.91 Å². The predicted octanol–water partition coefficient (Wildman–Crippen LogP) is 3.76. The van der Waals surface area contributed by atoms with Gasteiger partial charge in [0, 0.05) is 19.0 Å². The Morgan fingerprint density at radius 3 is 2.31 bits per heavy atom. The smallest absolute Gasteiger partial charge is 0.412 e. The number of amides is 2. The van der Waals surface area contributed by atoms with Gasteiger partial charge in [-0.2, -0.15) is 5.10 Å². The fourth-order valence-electron chi connectivity index (χ4n) is 4.62. The summed E-state index contributed by atoms with van der Waals surface area (Å²) in [5.41, 5.74) is 4.63. The van der Waals surface area contributed by atoms with Gasteiger partial charge in [-0.15, -0.1) is 0 Å². The van der Waals surface area contributed by atoms with Crippen LogP contribution in [0.1, 0.15) is 46.8 Å². The summed E-state index contributed by atoms with van der Waals surface area (Å²) in [6.45, 7) is 0.154. The second-order valence-corrected chi connectivity index (χ2v) is 9.03. The number of nitrogens with zero attached hydrogens (tertiary/aromatic N) is 2. The molecule has 0 aliphatic heterocycles. The Balaban J connectivity index is 1.21. The van der Waals surface area contributed by atoms with E-state index in [1.807, 2.05) is 36.4 Å². The fourth-order valence-corrected chi connectivity index (χ4v) is 4.62. The van der Waals surface area contributed by atoms with Crippen molar-refractivity contribution in [3.63, 3.8) is 0 Å². The second-order valence-electron chi connectivity index (χ2n) is 9.03. The molecular formula is C26H26N4O5. The van der Waals surface area contributed by atoms with Crippen LogP contribution in [0.25, 0.3) is 11.1 Å². The third-order valence-corrected chi connectivity index (χ3v) is 6.56. The molecule has 1 heterocycles. The number of nitrogens with one attached hydrogen (secondary N) is 2. The summed E-state index contributed by atoms with van der Waals surface area (Å²) < 4.78 is 6.82. The molecule has 1 atom stereocenters. The van der Waals surface area contributed by atoms with Crippen LogP contribution in [0.3, 0.4) is 0 Å². The first kappa shape index (κ1) is 22.6. The van der Waals surface area contributed by atoms with E-state index >= 15 is 0 Å². The molecular weight excluding hydrogens is 448 g/mol. The first-order chi connectivity index (χ1) is 16.9. The molecule has 1 saturated carbocycles. The molecule has 2 aliphatic carbocycles. The molecule has 0 bridgehead atoms. The van der Waals surface area contributed by atoms with Crippen molar-refractivity contribution in [1.82, 2.24) is 15.1 Å². The Hall–Kier alpha value is -4.14. The Labute approximate surface area is 202 Å². The van der Waals surface area contributed by atoms with Crippen molar-refractivity contribution in [1.29, 1.82) is 0 Å². The zero-order valence-corrected chi connectivity index (χ0v) is 19.2. The van der Waals surface area contributed by atoms with E-state index in [9.17, 15) is 19.5 Å². The van der Waals surface area contributed by atoms with E-state index in [0.29, 0.717) is 12.3 Å². The lowest BCUT2D eigenvalue weighted by molar-refractivity contribution is -0.139. The van der Waals surface area contributed by atoms with Gasteiger partial charge >= 0.3 is 12.1 Å². The molecule has 3 aromatic rings. The first-order valence-electron chi connectivity index (χ1n) is 11.6. The summed E-state index contributed by atoms with van der Waals surface area (Å²) in [5.74, 6) is -1.21. The van der Waals surface area contributed by atoms with E-state index in [0.717, 1.165) is 35.1 Å². The van der Waals surface area contributed by atoms with Crippen LogP contribution in [0.4, 0.5) is 10.6 Å². The third kappa shape index (κ3) is 4.75. The molecule has 0 radical (unpaired) electrons. The van der Waals surface area contributed by atoms with Crippen LogP contribution >= 0.6 is 0 Å². The molecule has 2 aromatic carbocycles. The van der Waals surface area contributed by atoms with Crippen molar-refractivity contribution in [3.05, 3.63) is 71.4 Å². The molecule has 180 valence electrons. The number of hydrogen-bond acceptors (Lipinski definition) is 5. The topological polar surface area (TPSA) is 123 Å². The summed E-state index contributed by atoms with van der Waals surface area (Å²) in [5, 5.41) is 18.7. The maximum Gasteiger partial charge on any atom is 0.412 e. The number of fused-ring (bicyclic) bond motifs is 3. The van der Waals surface area contributed by atoms with E-state index in [1.165, 1.54) is 10.7 Å². The number of rotatable bonds is 8. The van der Waals surface area contributed by atoms with Gasteiger partial charge in [0.15, 0.2) is 5.82 Å². The minimum Gasteiger partial charge on any atom is -0.480 e. The molecule has 0 spiro atoms. The van der Waals surface area contributed by atoms with Crippen LogP contribution in [0.2, 0.25) is 0 Å².